The van der Waals surface area contributed by atoms with Crippen LogP contribution in [0.1, 0.15) is 28.4 Å². The van der Waals surface area contributed by atoms with E-state index in [0.717, 1.165) is 49.5 Å². The Morgan fingerprint density at radius 1 is 1.03 bits per heavy atom. The number of Topliss-reactive ketones (excluding diaryl/α,β-unsaturated/α-hetero) is 1. The molecule has 2 N–H and O–H groups in total. The van der Waals surface area contributed by atoms with E-state index in [0.29, 0.717) is 10.6 Å². The minimum atomic E-state index is -0.492. The number of aliphatic imine (C=N–C) groups is 1. The molecule has 0 amide bonds. The van der Waals surface area contributed by atoms with Gasteiger partial charge in [-0.3, -0.25) is 9.79 Å². The number of halogens is 1. The van der Waals surface area contributed by atoms with Crippen LogP contribution in [0.3, 0.4) is 0 Å². The maximum Gasteiger partial charge on any atom is 0.186 e. The number of aryl methyl sites for hydroxylation is 2. The quantitative estimate of drug-likeness (QED) is 0.320. The van der Waals surface area contributed by atoms with Crippen molar-refractivity contribution in [2.24, 2.45) is 4.99 Å². The normalized spacial score (nSPS) is 15.3. The van der Waals surface area contributed by atoms with Gasteiger partial charge < -0.3 is 5.73 Å². The molecule has 4 nitrogen and oxygen atoms in total. The van der Waals surface area contributed by atoms with Gasteiger partial charge in [-0.2, -0.15) is 0 Å². The highest BCUT2D eigenvalue weighted by atomic mass is 35.5. The number of nitrogens with zero attached hydrogens (tertiary/aromatic N) is 2. The Morgan fingerprint density at radius 2 is 1.76 bits per heavy atom. The Balaban J connectivity index is 1.79. The Hall–Kier alpha value is -3.15. The molecule has 33 heavy (non-hydrogen) atoms. The van der Waals surface area contributed by atoms with Crippen LogP contribution in [0.25, 0.3) is 22.0 Å². The Bertz CT molecular complexity index is 1480. The molecule has 1 atom stereocenters. The lowest BCUT2D eigenvalue weighted by Crippen LogP contribution is -2.28. The average molecular weight is 472 g/mol. The zero-order valence-corrected chi connectivity index (χ0v) is 20.1. The Kier molecular flexibility index (Phi) is 5.47. The molecule has 164 valence electrons. The van der Waals surface area contributed by atoms with E-state index in [-0.39, 0.29) is 11.6 Å². The van der Waals surface area contributed by atoms with Gasteiger partial charge in [-0.25, -0.2) is 4.98 Å². The molecule has 0 radical (unpaired) electrons. The third-order valence-corrected chi connectivity index (χ3v) is 7.59. The van der Waals surface area contributed by atoms with Gasteiger partial charge in [0, 0.05) is 32.1 Å². The molecule has 0 spiro atoms. The second-order valence-corrected chi connectivity index (χ2v) is 9.84. The Morgan fingerprint density at radius 3 is 2.55 bits per heavy atom. The second-order valence-electron chi connectivity index (χ2n) is 8.29. The molecular formula is C27H22ClN3OS. The van der Waals surface area contributed by atoms with Crippen molar-refractivity contribution < 1.29 is 4.79 Å². The predicted octanol–water partition coefficient (Wildman–Crippen LogP) is 7.20. The summed E-state index contributed by atoms with van der Waals surface area (Å²) in [4.78, 5) is 24.5. The van der Waals surface area contributed by atoms with Gasteiger partial charge in [0.05, 0.1) is 16.8 Å². The van der Waals surface area contributed by atoms with Gasteiger partial charge in [-0.1, -0.05) is 53.6 Å². The van der Waals surface area contributed by atoms with Crippen molar-refractivity contribution in [2.45, 2.75) is 30.9 Å². The van der Waals surface area contributed by atoms with Crippen LogP contribution in [0.4, 0.5) is 11.5 Å². The van der Waals surface area contributed by atoms with E-state index in [1.54, 1.807) is 0 Å². The first-order valence-electron chi connectivity index (χ1n) is 10.7. The topological polar surface area (TPSA) is 68.3 Å². The van der Waals surface area contributed by atoms with E-state index < -0.39 is 5.25 Å². The summed E-state index contributed by atoms with van der Waals surface area (Å²) in [6.45, 7) is 5.93. The third-order valence-electron chi connectivity index (χ3n) is 5.87. The summed E-state index contributed by atoms with van der Waals surface area (Å²) in [5, 5.41) is 0.937. The lowest BCUT2D eigenvalue weighted by Gasteiger charge is -2.24. The smallest absolute Gasteiger partial charge is 0.186 e. The van der Waals surface area contributed by atoms with E-state index in [4.69, 9.17) is 22.3 Å². The number of hydrogen-bond acceptors (Lipinski definition) is 5. The van der Waals surface area contributed by atoms with Crippen LogP contribution in [0, 0.1) is 13.8 Å². The summed E-state index contributed by atoms with van der Waals surface area (Å²) in [6.07, 6.45) is 0. The number of anilines is 1. The van der Waals surface area contributed by atoms with E-state index in [1.807, 2.05) is 69.3 Å². The molecule has 1 aromatic heterocycles. The third kappa shape index (κ3) is 3.71. The number of aromatic nitrogens is 1. The number of carbonyl (C=O) groups is 1. The lowest BCUT2D eigenvalue weighted by atomic mass is 9.90. The van der Waals surface area contributed by atoms with Gasteiger partial charge in [0.2, 0.25) is 0 Å². The van der Waals surface area contributed by atoms with Crippen molar-refractivity contribution in [3.05, 3.63) is 82.4 Å². The van der Waals surface area contributed by atoms with Crippen molar-refractivity contribution in [2.75, 3.05) is 5.73 Å². The first-order chi connectivity index (χ1) is 15.8. The fourth-order valence-electron chi connectivity index (χ4n) is 4.42. The van der Waals surface area contributed by atoms with E-state index >= 15 is 0 Å². The van der Waals surface area contributed by atoms with E-state index in [2.05, 4.69) is 17.1 Å². The summed E-state index contributed by atoms with van der Waals surface area (Å²) >= 11 is 8.15. The van der Waals surface area contributed by atoms with Crippen LogP contribution in [-0.4, -0.2) is 21.7 Å². The lowest BCUT2D eigenvalue weighted by molar-refractivity contribution is 0.101. The van der Waals surface area contributed by atoms with Gasteiger partial charge in [0.25, 0.3) is 0 Å². The maximum absolute atomic E-state index is 14.1. The number of ketones is 1. The molecule has 0 saturated heterocycles. The summed E-state index contributed by atoms with van der Waals surface area (Å²) in [5.74, 6) is 0.0957. The fourth-order valence-corrected chi connectivity index (χ4v) is 5.74. The zero-order valence-electron chi connectivity index (χ0n) is 18.5. The Labute approximate surface area is 201 Å². The highest BCUT2D eigenvalue weighted by molar-refractivity contribution is 8.01. The van der Waals surface area contributed by atoms with Gasteiger partial charge in [-0.05, 0) is 50.6 Å². The molecule has 1 unspecified atom stereocenters. The maximum atomic E-state index is 14.1. The fraction of sp³-hybridized carbons (Fsp3) is 0.148. The minimum Gasteiger partial charge on any atom is -0.383 e. The number of fused-ring (bicyclic) bond motifs is 2. The number of carbonyl (C=O) groups excluding carboxylic acids is 1. The van der Waals surface area contributed by atoms with Crippen LogP contribution in [0.2, 0.25) is 5.02 Å². The van der Waals surface area contributed by atoms with E-state index in [9.17, 15) is 4.79 Å². The van der Waals surface area contributed by atoms with Crippen LogP contribution in [-0.2, 0) is 0 Å². The van der Waals surface area contributed by atoms with Gasteiger partial charge in [-0.15, -0.1) is 11.8 Å². The molecule has 2 heterocycles. The van der Waals surface area contributed by atoms with Gasteiger partial charge in [0.1, 0.15) is 11.1 Å². The molecule has 0 bridgehead atoms. The van der Waals surface area contributed by atoms with Crippen LogP contribution in [0.15, 0.2) is 70.6 Å². The first-order valence-corrected chi connectivity index (χ1v) is 11.9. The zero-order chi connectivity index (χ0) is 23.3. The number of nitrogens with two attached hydrogens (primary N) is 1. The van der Waals surface area contributed by atoms with Crippen molar-refractivity contribution in [3.8, 4) is 11.1 Å². The second kappa shape index (κ2) is 8.32. The van der Waals surface area contributed by atoms with Gasteiger partial charge in [0.15, 0.2) is 5.78 Å². The number of nitrogen functional groups attached to an aromatic ring is 1. The molecule has 0 fully saturated rings. The number of hydrogen-bond donors (Lipinski definition) is 1. The summed E-state index contributed by atoms with van der Waals surface area (Å²) in [5.41, 5.74) is 12.9. The first kappa shape index (κ1) is 21.7. The molecule has 0 aliphatic carbocycles. The largest absolute Gasteiger partial charge is 0.383 e. The number of benzene rings is 3. The monoisotopic (exact) mass is 471 g/mol. The highest BCUT2D eigenvalue weighted by Crippen LogP contribution is 2.43. The average Bonchev–Trinajstić information content (AvgIpc) is 2.78. The SMILES string of the molecule is CC1=Nc2ccccc2SC1C(=O)c1c(N)nc2c(C)cc(C)cc2c1-c1ccccc1Cl. The number of pyridine rings is 1. The highest BCUT2D eigenvalue weighted by Gasteiger charge is 2.33. The molecule has 3 aromatic carbocycles. The molecule has 1 aliphatic rings. The number of thioether (sulfide) groups is 1. The molecule has 1 aliphatic heterocycles. The van der Waals surface area contributed by atoms with Crippen molar-refractivity contribution in [1.29, 1.82) is 0 Å². The molecular weight excluding hydrogens is 450 g/mol. The van der Waals surface area contributed by atoms with E-state index in [1.165, 1.54) is 11.8 Å². The summed E-state index contributed by atoms with van der Waals surface area (Å²) in [7, 11) is 0. The summed E-state index contributed by atoms with van der Waals surface area (Å²) < 4.78 is 0. The molecule has 4 aromatic rings. The van der Waals surface area contributed by atoms with Crippen molar-refractivity contribution >= 4 is 57.3 Å². The number of rotatable bonds is 3. The minimum absolute atomic E-state index is 0.114. The van der Waals surface area contributed by atoms with Crippen LogP contribution >= 0.6 is 23.4 Å². The van der Waals surface area contributed by atoms with Crippen LogP contribution < -0.4 is 5.73 Å². The standard InChI is InChI=1S/C27H22ClN3OS/c1-14-12-15(2)24-18(13-14)22(17-8-4-5-9-19(17)28)23(27(29)31-24)25(32)26-16(3)30-20-10-6-7-11-21(20)33-26/h4-13,26H,1-3H3,(H2,29,31). The van der Waals surface area contributed by atoms with Crippen LogP contribution in [0.5, 0.6) is 0 Å². The molecule has 0 saturated carbocycles. The molecule has 6 heteroatoms. The summed E-state index contributed by atoms with van der Waals surface area (Å²) in [6, 6.07) is 19.5. The van der Waals surface area contributed by atoms with Gasteiger partial charge >= 0.3 is 0 Å². The molecule has 5 rings (SSSR count). The van der Waals surface area contributed by atoms with Crippen molar-refractivity contribution in [3.63, 3.8) is 0 Å². The number of para-hydroxylation sites is 1. The van der Waals surface area contributed by atoms with Crippen molar-refractivity contribution in [1.82, 2.24) is 4.98 Å². The predicted molar refractivity (Wildman–Crippen MR) is 139 cm³/mol.